The molecule has 6 saturated carbocycles. The third-order valence-electron chi connectivity index (χ3n) is 17.5. The second kappa shape index (κ2) is 13.8. The number of hydrogen-bond donors (Lipinski definition) is 6. The molecule has 8 aliphatic carbocycles. The Hall–Kier alpha value is -3.01. The molecule has 0 heterocycles. The number of ether oxygens (including phenoxy) is 1. The topological polar surface area (TPSA) is 216 Å². The third-order valence-corrected chi connectivity index (χ3v) is 17.5. The summed E-state index contributed by atoms with van der Waals surface area (Å²) in [7, 11) is 0. The molecule has 0 unspecified atom stereocenters. The predicted molar refractivity (Wildman–Crippen MR) is 202 cm³/mol. The van der Waals surface area contributed by atoms with Gasteiger partial charge in [0.15, 0.2) is 35.2 Å². The molecule has 8 aliphatic rings. The van der Waals surface area contributed by atoms with Gasteiger partial charge in [0.25, 0.3) is 0 Å². The maximum absolute atomic E-state index is 16.9. The quantitative estimate of drug-likeness (QED) is 0.221. The number of aliphatic hydroxyl groups excluding tert-OH is 4. The highest BCUT2D eigenvalue weighted by atomic mass is 19.1. The van der Waals surface area contributed by atoms with Crippen LogP contribution >= 0.6 is 0 Å². The Morgan fingerprint density at radius 3 is 2.00 bits per heavy atom. The fourth-order valence-corrected chi connectivity index (χ4v) is 14.2. The van der Waals surface area contributed by atoms with Crippen molar-refractivity contribution in [1.82, 2.24) is 0 Å². The summed E-state index contributed by atoms with van der Waals surface area (Å²) in [5.41, 5.74) is -11.0. The number of Topliss-reactive ketones (excluding diaryl/α,β-unsaturated/α-hetero) is 2. The number of fused-ring (bicyclic) bond motifs is 10. The van der Waals surface area contributed by atoms with Crippen LogP contribution in [0.4, 0.5) is 8.78 Å². The lowest BCUT2D eigenvalue weighted by molar-refractivity contribution is -0.227. The molecule has 0 aliphatic heterocycles. The average Bonchev–Trinajstić information content (AvgIpc) is 3.54. The van der Waals surface area contributed by atoms with Crippen molar-refractivity contribution in [3.8, 4) is 0 Å². The van der Waals surface area contributed by atoms with Gasteiger partial charge in [0, 0.05) is 46.8 Å². The highest BCUT2D eigenvalue weighted by Gasteiger charge is 2.77. The van der Waals surface area contributed by atoms with Crippen LogP contribution in [0.15, 0.2) is 35.5 Å². The maximum atomic E-state index is 16.9. The van der Waals surface area contributed by atoms with E-state index >= 15 is 8.78 Å². The Morgan fingerprint density at radius 2 is 1.36 bits per heavy atom. The number of carbonyl (C=O) groups is 5. The minimum Gasteiger partial charge on any atom is -0.458 e. The molecule has 320 valence electrons. The minimum absolute atomic E-state index is 0.00553. The molecule has 0 aromatic heterocycles. The molecule has 58 heavy (non-hydrogen) atoms. The van der Waals surface area contributed by atoms with E-state index in [4.69, 9.17) is 4.74 Å². The Bertz CT molecular complexity index is 1910. The molecule has 8 rings (SSSR count). The molecule has 0 spiro atoms. The molecule has 0 aromatic carbocycles. The summed E-state index contributed by atoms with van der Waals surface area (Å²) in [6.45, 7) is 6.58. The molecule has 0 aromatic rings. The van der Waals surface area contributed by atoms with Crippen molar-refractivity contribution in [2.45, 2.75) is 146 Å². The van der Waals surface area contributed by atoms with Gasteiger partial charge >= 0.3 is 5.97 Å². The van der Waals surface area contributed by atoms with Crippen LogP contribution < -0.4 is 0 Å². The summed E-state index contributed by atoms with van der Waals surface area (Å²) < 4.78 is 38.5. The van der Waals surface area contributed by atoms with Crippen LogP contribution in [0, 0.1) is 45.3 Å². The van der Waals surface area contributed by atoms with Gasteiger partial charge in [0.2, 0.25) is 5.78 Å². The zero-order valence-electron chi connectivity index (χ0n) is 33.9. The molecular weight excluding hydrogens is 758 g/mol. The average molecular weight is 817 g/mol. The Balaban J connectivity index is 0.000000177. The first-order valence-electron chi connectivity index (χ1n) is 20.7. The van der Waals surface area contributed by atoms with E-state index in [-0.39, 0.29) is 49.6 Å². The lowest BCUT2D eigenvalue weighted by Gasteiger charge is -2.63. The van der Waals surface area contributed by atoms with Crippen molar-refractivity contribution >= 4 is 29.1 Å². The van der Waals surface area contributed by atoms with Gasteiger partial charge in [-0.2, -0.15) is 0 Å². The van der Waals surface area contributed by atoms with E-state index in [2.05, 4.69) is 0 Å². The number of aliphatic hydroxyl groups is 6. The molecule has 15 atom stereocenters. The normalized spacial score (nSPS) is 50.0. The van der Waals surface area contributed by atoms with Gasteiger partial charge in [-0.3, -0.25) is 24.0 Å². The molecule has 0 saturated heterocycles. The van der Waals surface area contributed by atoms with Crippen molar-refractivity contribution in [1.29, 1.82) is 0 Å². The van der Waals surface area contributed by atoms with Gasteiger partial charge in [0.05, 0.1) is 18.3 Å². The monoisotopic (exact) mass is 816 g/mol. The summed E-state index contributed by atoms with van der Waals surface area (Å²) >= 11 is 0. The fourth-order valence-electron chi connectivity index (χ4n) is 14.2. The van der Waals surface area contributed by atoms with Gasteiger partial charge < -0.3 is 35.4 Å². The van der Waals surface area contributed by atoms with E-state index in [1.807, 2.05) is 6.92 Å². The number of esters is 1. The van der Waals surface area contributed by atoms with E-state index in [9.17, 15) is 54.6 Å². The molecular formula is C44H58F2O12. The first kappa shape index (κ1) is 43.1. The van der Waals surface area contributed by atoms with Gasteiger partial charge in [0.1, 0.15) is 17.9 Å². The van der Waals surface area contributed by atoms with Crippen molar-refractivity contribution < 1.29 is 68.1 Å². The molecule has 6 fully saturated rings. The molecule has 14 heteroatoms. The molecule has 6 N–H and O–H groups in total. The van der Waals surface area contributed by atoms with Crippen molar-refractivity contribution in [3.05, 3.63) is 35.5 Å². The lowest BCUT2D eigenvalue weighted by Crippen LogP contribution is -2.69. The zero-order valence-corrected chi connectivity index (χ0v) is 33.9. The molecule has 0 amide bonds. The van der Waals surface area contributed by atoms with Crippen molar-refractivity contribution in [2.24, 2.45) is 45.3 Å². The summed E-state index contributed by atoms with van der Waals surface area (Å²) in [5.74, 6) is -4.37. The number of ketones is 4. The smallest absolute Gasteiger partial charge is 0.303 e. The van der Waals surface area contributed by atoms with Gasteiger partial charge in [-0.15, -0.1) is 0 Å². The van der Waals surface area contributed by atoms with Crippen LogP contribution in [0.3, 0.4) is 0 Å². The molecule has 0 radical (unpaired) electrons. The largest absolute Gasteiger partial charge is 0.458 e. The van der Waals surface area contributed by atoms with Crippen molar-refractivity contribution in [3.63, 3.8) is 0 Å². The van der Waals surface area contributed by atoms with Gasteiger partial charge in [-0.05, 0) is 101 Å². The van der Waals surface area contributed by atoms with Gasteiger partial charge in [-0.25, -0.2) is 8.78 Å². The fraction of sp³-hybridized carbons (Fsp3) is 0.750. The van der Waals surface area contributed by atoms with E-state index in [0.717, 1.165) is 5.57 Å². The molecule has 12 nitrogen and oxygen atoms in total. The maximum Gasteiger partial charge on any atom is 0.303 e. The van der Waals surface area contributed by atoms with E-state index in [1.165, 1.54) is 25.2 Å². The number of carbonyl (C=O) groups excluding carboxylic acids is 5. The summed E-state index contributed by atoms with van der Waals surface area (Å²) in [4.78, 5) is 60.1. The number of hydrogen-bond acceptors (Lipinski definition) is 12. The second-order valence-electron chi connectivity index (χ2n) is 19.6. The second-order valence-corrected chi connectivity index (χ2v) is 19.6. The first-order chi connectivity index (χ1) is 26.9. The Kier molecular flexibility index (Phi) is 10.2. The summed E-state index contributed by atoms with van der Waals surface area (Å²) in [5, 5.41) is 64.7. The van der Waals surface area contributed by atoms with Crippen molar-refractivity contribution in [2.75, 3.05) is 13.2 Å². The van der Waals surface area contributed by atoms with Gasteiger partial charge in [-0.1, -0.05) is 38.0 Å². The highest BCUT2D eigenvalue weighted by molar-refractivity contribution is 6.01. The van der Waals surface area contributed by atoms with Crippen LogP contribution in [-0.2, 0) is 28.7 Å². The van der Waals surface area contributed by atoms with E-state index in [0.29, 0.717) is 44.1 Å². The van der Waals surface area contributed by atoms with Crippen LogP contribution in [0.2, 0.25) is 0 Å². The molecule has 0 bridgehead atoms. The van der Waals surface area contributed by atoms with Crippen LogP contribution in [0.25, 0.3) is 0 Å². The van der Waals surface area contributed by atoms with E-state index in [1.54, 1.807) is 26.8 Å². The standard InChI is InChI=1S/C23H31FO6.C21H27FO6/c1-13(25)30-12-19(28)22(29)9-7-16-17-5-4-14-10-15(26)6-8-20(14,2)23(17,24)18(27)11-21(16,22)3;1-18-6-5-12(24)7-11(18)3-4-13-14-8-15(25)21(28,17(27)10-23)19(14,2)9-16(26)20(13,18)22/h10,16-18,27,29H,4-9,11-12H2,1-3H3;5-7,13-16,23,25-26,28H,3-4,8-10H2,1-2H3/t16-,17-,18-,20-,21-,22-,23-;13-,14-,15+,16-,18-,19-,20-,21-/m00/s1. The number of halogens is 2. The van der Waals surface area contributed by atoms with Crippen LogP contribution in [0.5, 0.6) is 0 Å². The van der Waals surface area contributed by atoms with Crippen LogP contribution in [-0.4, -0.2) is 114 Å². The summed E-state index contributed by atoms with van der Waals surface area (Å²) in [6, 6.07) is 0. The first-order valence-corrected chi connectivity index (χ1v) is 20.7. The Morgan fingerprint density at radius 1 is 0.759 bits per heavy atom. The number of allylic oxidation sites excluding steroid dienone is 5. The number of alkyl halides is 2. The third kappa shape index (κ3) is 5.33. The minimum atomic E-state index is -2.23. The SMILES string of the molecule is CC(=O)OCC(=O)[C@@]1(O)CC[C@H]2[C@@H]3CCC4=CC(=O)CC[C@]4(C)[C@@]3(F)[C@@H](O)C[C@@]21C.C[C@]12C=CC(=O)C=C1CC[C@H]1[C@@H]3C[C@@H](O)[C@](O)(C(=O)CO)[C@@]3(C)C[C@H](O)[C@@]12F. The number of rotatable bonds is 5. The summed E-state index contributed by atoms with van der Waals surface area (Å²) in [6.07, 6.45) is 4.38. The Labute approximate surface area is 336 Å². The zero-order chi connectivity index (χ0) is 42.8. The highest BCUT2D eigenvalue weighted by Crippen LogP contribution is 2.72. The van der Waals surface area contributed by atoms with Crippen LogP contribution in [0.1, 0.15) is 105 Å². The van der Waals surface area contributed by atoms with E-state index < -0.39 is 111 Å². The predicted octanol–water partition coefficient (Wildman–Crippen LogP) is 3.07. The lowest BCUT2D eigenvalue weighted by atomic mass is 9.44.